The fraction of sp³-hybridized carbons (Fsp3) is 0.238. The van der Waals surface area contributed by atoms with Gasteiger partial charge in [0.15, 0.2) is 11.0 Å². The monoisotopic (exact) mass is 443 g/mol. The zero-order valence-electron chi connectivity index (χ0n) is 16.7. The maximum Gasteiger partial charge on any atom is 0.251 e. The fourth-order valence-corrected chi connectivity index (χ4v) is 3.75. The molecule has 0 aliphatic heterocycles. The molecule has 3 rings (SSSR count). The van der Waals surface area contributed by atoms with Gasteiger partial charge in [0.2, 0.25) is 5.91 Å². The topological polar surface area (TPSA) is 88.9 Å². The highest BCUT2D eigenvalue weighted by molar-refractivity contribution is 7.99. The van der Waals surface area contributed by atoms with Crippen LogP contribution in [-0.4, -0.2) is 32.3 Å². The lowest BCUT2D eigenvalue weighted by Gasteiger charge is -2.09. The van der Waals surface area contributed by atoms with E-state index in [0.717, 1.165) is 5.56 Å². The minimum Gasteiger partial charge on any atom is -0.345 e. The number of carbonyl (C=O) groups excluding carboxylic acids is 2. The van der Waals surface area contributed by atoms with Crippen LogP contribution in [0.5, 0.6) is 0 Å². The highest BCUT2D eigenvalue weighted by atomic mass is 35.5. The predicted octanol–water partition coefficient (Wildman–Crippen LogP) is 3.92. The van der Waals surface area contributed by atoms with Gasteiger partial charge in [0.1, 0.15) is 0 Å². The Morgan fingerprint density at radius 2 is 1.90 bits per heavy atom. The Bertz CT molecular complexity index is 1040. The molecule has 9 heteroatoms. The third-order valence-electron chi connectivity index (χ3n) is 4.27. The molecule has 2 amide bonds. The summed E-state index contributed by atoms with van der Waals surface area (Å²) in [5.74, 6) is 0.481. The van der Waals surface area contributed by atoms with E-state index in [0.29, 0.717) is 33.8 Å². The normalized spacial score (nSPS) is 10.6. The second kappa shape index (κ2) is 10.3. The van der Waals surface area contributed by atoms with Gasteiger partial charge >= 0.3 is 0 Å². The van der Waals surface area contributed by atoms with Gasteiger partial charge in [-0.2, -0.15) is 0 Å². The summed E-state index contributed by atoms with van der Waals surface area (Å²) in [5.41, 5.74) is 2.33. The Morgan fingerprint density at radius 1 is 1.13 bits per heavy atom. The molecule has 7 nitrogen and oxygen atoms in total. The molecule has 0 spiro atoms. The molecule has 1 heterocycles. The predicted molar refractivity (Wildman–Crippen MR) is 119 cm³/mol. The Hall–Kier alpha value is -2.84. The lowest BCUT2D eigenvalue weighted by atomic mass is 10.1. The van der Waals surface area contributed by atoms with Gasteiger partial charge in [-0.15, -0.1) is 10.2 Å². The molecular weight excluding hydrogens is 422 g/mol. The Morgan fingerprint density at radius 3 is 2.60 bits per heavy atom. The van der Waals surface area contributed by atoms with E-state index in [-0.39, 0.29) is 24.1 Å². The first-order valence-corrected chi connectivity index (χ1v) is 10.8. The number of hydrogen-bond donors (Lipinski definition) is 2. The van der Waals surface area contributed by atoms with E-state index in [1.807, 2.05) is 30.5 Å². The molecule has 156 valence electrons. The minimum absolute atomic E-state index is 0.165. The number of nitrogens with zero attached hydrogens (tertiary/aromatic N) is 3. The van der Waals surface area contributed by atoms with Crippen LogP contribution in [0.1, 0.15) is 28.7 Å². The summed E-state index contributed by atoms with van der Waals surface area (Å²) in [4.78, 5) is 24.5. The average molecular weight is 444 g/mol. The van der Waals surface area contributed by atoms with Gasteiger partial charge < -0.3 is 15.2 Å². The number of carbonyl (C=O) groups is 2. The molecule has 0 saturated carbocycles. The van der Waals surface area contributed by atoms with Crippen molar-refractivity contribution in [1.82, 2.24) is 20.1 Å². The Kier molecular flexibility index (Phi) is 7.48. The molecule has 0 saturated heterocycles. The van der Waals surface area contributed by atoms with Gasteiger partial charge in [-0.05, 0) is 44.2 Å². The SMILES string of the molecule is CCn1c(CNC(=O)c2ccc(C)cc2)nnc1SCC(=O)Nc1cccc(Cl)c1. The third kappa shape index (κ3) is 5.84. The van der Waals surface area contributed by atoms with E-state index in [4.69, 9.17) is 11.6 Å². The van der Waals surface area contributed by atoms with Gasteiger partial charge in [-0.1, -0.05) is 47.1 Å². The highest BCUT2D eigenvalue weighted by Crippen LogP contribution is 2.19. The molecule has 0 atom stereocenters. The zero-order chi connectivity index (χ0) is 21.5. The van der Waals surface area contributed by atoms with Crippen LogP contribution >= 0.6 is 23.4 Å². The number of thioether (sulfide) groups is 1. The largest absolute Gasteiger partial charge is 0.345 e. The summed E-state index contributed by atoms with van der Waals surface area (Å²) in [6.45, 7) is 4.81. The molecule has 2 aromatic carbocycles. The first-order valence-electron chi connectivity index (χ1n) is 9.41. The summed E-state index contributed by atoms with van der Waals surface area (Å²) in [6, 6.07) is 14.3. The standard InChI is InChI=1S/C21H22ClN5O2S/c1-3-27-18(12-23-20(29)15-9-7-14(2)8-10-15)25-26-21(27)30-13-19(28)24-17-6-4-5-16(22)11-17/h4-11H,3,12-13H2,1-2H3,(H,23,29)(H,24,28). The van der Waals surface area contributed by atoms with Crippen molar-refractivity contribution in [2.45, 2.75) is 32.1 Å². The number of anilines is 1. The summed E-state index contributed by atoms with van der Waals surface area (Å²) in [5, 5.41) is 15.2. The summed E-state index contributed by atoms with van der Waals surface area (Å²) < 4.78 is 1.88. The van der Waals surface area contributed by atoms with Crippen LogP contribution in [0.15, 0.2) is 53.7 Å². The smallest absolute Gasteiger partial charge is 0.251 e. The number of aromatic nitrogens is 3. The minimum atomic E-state index is -0.171. The molecule has 0 fully saturated rings. The van der Waals surface area contributed by atoms with Crippen molar-refractivity contribution >= 4 is 40.9 Å². The van der Waals surface area contributed by atoms with E-state index in [2.05, 4.69) is 20.8 Å². The van der Waals surface area contributed by atoms with Crippen molar-refractivity contribution in [2.75, 3.05) is 11.1 Å². The first-order chi connectivity index (χ1) is 14.5. The van der Waals surface area contributed by atoms with E-state index < -0.39 is 0 Å². The maximum atomic E-state index is 12.3. The van der Waals surface area contributed by atoms with Crippen molar-refractivity contribution < 1.29 is 9.59 Å². The molecule has 0 bridgehead atoms. The molecule has 30 heavy (non-hydrogen) atoms. The number of hydrogen-bond acceptors (Lipinski definition) is 5. The lowest BCUT2D eigenvalue weighted by Crippen LogP contribution is -2.24. The first kappa shape index (κ1) is 21.9. The van der Waals surface area contributed by atoms with Crippen LogP contribution < -0.4 is 10.6 Å². The molecule has 3 aromatic rings. The van der Waals surface area contributed by atoms with Crippen LogP contribution in [0.4, 0.5) is 5.69 Å². The second-order valence-corrected chi connectivity index (χ2v) is 7.92. The fourth-order valence-electron chi connectivity index (χ4n) is 2.73. The van der Waals surface area contributed by atoms with Crippen LogP contribution in [0.3, 0.4) is 0 Å². The summed E-state index contributed by atoms with van der Waals surface area (Å²) >= 11 is 7.22. The molecular formula is C21H22ClN5O2S. The molecule has 1 aromatic heterocycles. The van der Waals surface area contributed by atoms with E-state index >= 15 is 0 Å². The maximum absolute atomic E-state index is 12.3. The lowest BCUT2D eigenvalue weighted by molar-refractivity contribution is -0.113. The van der Waals surface area contributed by atoms with Gasteiger partial charge in [0.25, 0.3) is 5.91 Å². The van der Waals surface area contributed by atoms with Gasteiger partial charge in [0, 0.05) is 22.8 Å². The third-order valence-corrected chi connectivity index (χ3v) is 5.47. The van der Waals surface area contributed by atoms with E-state index in [9.17, 15) is 9.59 Å². The van der Waals surface area contributed by atoms with Gasteiger partial charge in [-0.25, -0.2) is 0 Å². The number of nitrogens with one attached hydrogen (secondary N) is 2. The number of halogens is 1. The number of amides is 2. The van der Waals surface area contributed by atoms with Gasteiger partial charge in [0.05, 0.1) is 12.3 Å². The second-order valence-electron chi connectivity index (χ2n) is 6.54. The number of rotatable bonds is 8. The molecule has 0 radical (unpaired) electrons. The van der Waals surface area contributed by atoms with Crippen molar-refractivity contribution in [3.63, 3.8) is 0 Å². The highest BCUT2D eigenvalue weighted by Gasteiger charge is 2.14. The molecule has 0 aliphatic carbocycles. The zero-order valence-corrected chi connectivity index (χ0v) is 18.3. The number of aryl methyl sites for hydroxylation is 1. The van der Waals surface area contributed by atoms with Crippen LogP contribution in [0.25, 0.3) is 0 Å². The van der Waals surface area contributed by atoms with Crippen molar-refractivity contribution in [1.29, 1.82) is 0 Å². The quantitative estimate of drug-likeness (QED) is 0.515. The molecule has 0 aliphatic rings. The van der Waals surface area contributed by atoms with Crippen molar-refractivity contribution in [3.8, 4) is 0 Å². The van der Waals surface area contributed by atoms with Crippen molar-refractivity contribution in [3.05, 3.63) is 70.5 Å². The van der Waals surface area contributed by atoms with Crippen LogP contribution in [-0.2, 0) is 17.9 Å². The Labute approximate surface area is 184 Å². The molecule has 0 unspecified atom stereocenters. The van der Waals surface area contributed by atoms with Gasteiger partial charge in [-0.3, -0.25) is 9.59 Å². The average Bonchev–Trinajstić information content (AvgIpc) is 3.13. The summed E-state index contributed by atoms with van der Waals surface area (Å²) in [7, 11) is 0. The number of benzene rings is 2. The van der Waals surface area contributed by atoms with Crippen LogP contribution in [0.2, 0.25) is 5.02 Å². The van der Waals surface area contributed by atoms with Crippen LogP contribution in [0, 0.1) is 6.92 Å². The molecule has 2 N–H and O–H groups in total. The van der Waals surface area contributed by atoms with E-state index in [1.165, 1.54) is 11.8 Å². The summed E-state index contributed by atoms with van der Waals surface area (Å²) in [6.07, 6.45) is 0. The Balaban J connectivity index is 1.56. The van der Waals surface area contributed by atoms with E-state index in [1.54, 1.807) is 36.4 Å². The van der Waals surface area contributed by atoms with Crippen molar-refractivity contribution in [2.24, 2.45) is 0 Å².